The molecule has 0 spiro atoms. The molecule has 3 N–H and O–H groups in total. The third-order valence-corrected chi connectivity index (χ3v) is 8.15. The highest BCUT2D eigenvalue weighted by Gasteiger charge is 2.71. The molecule has 14 heteroatoms. The molecule has 1 aliphatic heterocycles. The number of nitrogens with one attached hydrogen (secondary N) is 1. The average Bonchev–Trinajstić information content (AvgIpc) is 2.79. The second-order valence-electron chi connectivity index (χ2n) is 9.62. The summed E-state index contributed by atoms with van der Waals surface area (Å²) in [6.45, 7) is 3.84. The van der Waals surface area contributed by atoms with Crippen molar-refractivity contribution < 1.29 is 49.8 Å². The molecular weight excluding hydrogens is 542 g/mol. The van der Waals surface area contributed by atoms with E-state index < -0.39 is 51.1 Å². The highest BCUT2D eigenvalue weighted by atomic mass is 32.2. The van der Waals surface area contributed by atoms with Crippen molar-refractivity contribution in [1.82, 2.24) is 5.32 Å². The molecule has 3 rings (SSSR count). The number of aliphatic hydroxyl groups is 2. The van der Waals surface area contributed by atoms with Crippen molar-refractivity contribution in [3.8, 4) is 0 Å². The van der Waals surface area contributed by atoms with Crippen LogP contribution < -0.4 is 9.62 Å². The topological polar surface area (TPSA) is 107 Å². The smallest absolute Gasteiger partial charge is 0.381 e. The molecule has 7 nitrogen and oxygen atoms in total. The Bertz CT molecular complexity index is 1290. The molecule has 38 heavy (non-hydrogen) atoms. The van der Waals surface area contributed by atoms with E-state index >= 15 is 0 Å². The number of nitrogens with zero attached hydrogens (tertiary/aromatic N) is 1. The maximum absolute atomic E-state index is 13.7. The van der Waals surface area contributed by atoms with Crippen molar-refractivity contribution >= 4 is 21.6 Å². The van der Waals surface area contributed by atoms with Crippen LogP contribution in [0.4, 0.5) is 32.0 Å². The largest absolute Gasteiger partial charge is 0.430 e. The number of hydrogen-bond donors (Lipinski definition) is 3. The van der Waals surface area contributed by atoms with E-state index in [2.05, 4.69) is 5.32 Å². The van der Waals surface area contributed by atoms with Gasteiger partial charge in [-0.05, 0) is 57.4 Å². The first-order valence-electron chi connectivity index (χ1n) is 11.3. The van der Waals surface area contributed by atoms with Crippen LogP contribution >= 0.6 is 0 Å². The molecule has 0 saturated carbocycles. The second kappa shape index (κ2) is 9.72. The average molecular weight is 569 g/mol. The Labute approximate surface area is 215 Å². The highest BCUT2D eigenvalue weighted by molar-refractivity contribution is 7.92. The number of aryl methyl sites for hydroxylation is 2. The van der Waals surface area contributed by atoms with Crippen LogP contribution in [0.25, 0.3) is 0 Å². The van der Waals surface area contributed by atoms with Crippen LogP contribution in [-0.4, -0.2) is 55.1 Å². The lowest BCUT2D eigenvalue weighted by atomic mass is 9.88. The molecule has 1 unspecified atom stereocenters. The Morgan fingerprint density at radius 3 is 2.05 bits per heavy atom. The summed E-state index contributed by atoms with van der Waals surface area (Å²) in [4.78, 5) is 12.0. The molecular formula is C24H26F6N2O5S. The molecule has 1 amide bonds. The summed E-state index contributed by atoms with van der Waals surface area (Å²) >= 11 is 0. The van der Waals surface area contributed by atoms with Crippen LogP contribution in [0.2, 0.25) is 0 Å². The van der Waals surface area contributed by atoms with Gasteiger partial charge < -0.3 is 15.5 Å². The normalized spacial score (nSPS) is 17.2. The van der Waals surface area contributed by atoms with Crippen LogP contribution in [0.15, 0.2) is 47.4 Å². The number of rotatable bonds is 6. The third-order valence-electron chi connectivity index (χ3n) is 6.27. The van der Waals surface area contributed by atoms with Crippen LogP contribution in [0.1, 0.15) is 37.0 Å². The van der Waals surface area contributed by atoms with E-state index in [1.54, 1.807) is 6.92 Å². The van der Waals surface area contributed by atoms with Gasteiger partial charge in [-0.1, -0.05) is 29.8 Å². The van der Waals surface area contributed by atoms with E-state index in [0.29, 0.717) is 12.1 Å². The van der Waals surface area contributed by atoms with Gasteiger partial charge in [-0.3, -0.25) is 9.10 Å². The van der Waals surface area contributed by atoms with Crippen molar-refractivity contribution in [2.45, 2.75) is 68.1 Å². The van der Waals surface area contributed by atoms with Gasteiger partial charge in [0.2, 0.25) is 0 Å². The van der Waals surface area contributed by atoms with Crippen molar-refractivity contribution in [3.63, 3.8) is 0 Å². The number of anilines is 1. The lowest BCUT2D eigenvalue weighted by molar-refractivity contribution is -0.376. The van der Waals surface area contributed by atoms with Gasteiger partial charge in [0, 0.05) is 12.1 Å². The van der Waals surface area contributed by atoms with Crippen LogP contribution in [-0.2, 0) is 26.8 Å². The number of carbonyl (C=O) groups excluding carboxylic acids is 1. The number of alkyl halides is 6. The molecule has 0 radical (unpaired) electrons. The monoisotopic (exact) mass is 568 g/mol. The second-order valence-corrected chi connectivity index (χ2v) is 11.4. The first-order chi connectivity index (χ1) is 17.2. The van der Waals surface area contributed by atoms with Gasteiger partial charge in [-0.25, -0.2) is 8.42 Å². The summed E-state index contributed by atoms with van der Waals surface area (Å²) in [5.41, 5.74) is -8.10. The van der Waals surface area contributed by atoms with Crippen molar-refractivity contribution in [3.05, 3.63) is 59.2 Å². The molecule has 1 aliphatic rings. The first-order valence-corrected chi connectivity index (χ1v) is 12.8. The maximum Gasteiger partial charge on any atom is 0.430 e. The number of hydrogen-bond acceptors (Lipinski definition) is 5. The number of carbonyl (C=O) groups is 1. The van der Waals surface area contributed by atoms with Crippen molar-refractivity contribution in [2.24, 2.45) is 0 Å². The van der Waals surface area contributed by atoms with E-state index in [-0.39, 0.29) is 35.5 Å². The van der Waals surface area contributed by atoms with E-state index in [1.807, 2.05) is 0 Å². The zero-order valence-corrected chi connectivity index (χ0v) is 21.3. The summed E-state index contributed by atoms with van der Waals surface area (Å²) in [6, 6.07) is 6.29. The van der Waals surface area contributed by atoms with Gasteiger partial charge in [0.05, 0.1) is 16.6 Å². The molecule has 1 atom stereocenters. The fourth-order valence-electron chi connectivity index (χ4n) is 4.11. The minimum absolute atomic E-state index is 0.0931. The highest BCUT2D eigenvalue weighted by Crippen LogP contribution is 2.51. The van der Waals surface area contributed by atoms with Crippen LogP contribution in [0.3, 0.4) is 0 Å². The van der Waals surface area contributed by atoms with Crippen molar-refractivity contribution in [2.75, 3.05) is 10.8 Å². The van der Waals surface area contributed by atoms with Gasteiger partial charge in [-0.15, -0.1) is 0 Å². The maximum atomic E-state index is 13.7. The lowest BCUT2D eigenvalue weighted by Crippen LogP contribution is -2.54. The van der Waals surface area contributed by atoms with Crippen LogP contribution in [0, 0.1) is 6.92 Å². The first kappa shape index (κ1) is 29.7. The number of benzene rings is 2. The zero-order valence-electron chi connectivity index (χ0n) is 20.5. The Hall–Kier alpha value is -2.84. The number of halogens is 6. The molecule has 0 saturated heterocycles. The Kier molecular flexibility index (Phi) is 7.60. The molecule has 0 bridgehead atoms. The predicted octanol–water partition coefficient (Wildman–Crippen LogP) is 3.70. The minimum Gasteiger partial charge on any atom is -0.381 e. The SMILES string of the molecule is Cc1ccc(S(=O)(=O)N2c3ccc(C(O)(C(F)(F)F)C(F)(F)F)cc3CCC2CNC(=O)C(C)(C)O)cc1. The number of sulfonamides is 1. The number of amides is 1. The zero-order chi connectivity index (χ0) is 28.9. The summed E-state index contributed by atoms with van der Waals surface area (Å²) < 4.78 is 109. The minimum atomic E-state index is -6.11. The third kappa shape index (κ3) is 5.34. The Morgan fingerprint density at radius 1 is 1.00 bits per heavy atom. The molecule has 2 aromatic carbocycles. The van der Waals surface area contributed by atoms with E-state index in [0.717, 1.165) is 15.9 Å². The van der Waals surface area contributed by atoms with Gasteiger partial charge >= 0.3 is 12.4 Å². The van der Waals surface area contributed by atoms with E-state index in [1.165, 1.54) is 38.1 Å². The van der Waals surface area contributed by atoms with Gasteiger partial charge in [0.15, 0.2) is 0 Å². The summed E-state index contributed by atoms with van der Waals surface area (Å²) in [5.74, 6) is -0.813. The van der Waals surface area contributed by atoms with Gasteiger partial charge in [0.25, 0.3) is 21.5 Å². The Balaban J connectivity index is 2.15. The molecule has 2 aromatic rings. The molecule has 0 aromatic heterocycles. The molecule has 1 heterocycles. The van der Waals surface area contributed by atoms with Crippen LogP contribution in [0.5, 0.6) is 0 Å². The summed E-state index contributed by atoms with van der Waals surface area (Å²) in [6.07, 6.45) is -12.5. The quantitative estimate of drug-likeness (QED) is 0.461. The molecule has 0 fully saturated rings. The fourth-order valence-corrected chi connectivity index (χ4v) is 5.83. The molecule has 0 aliphatic carbocycles. The van der Waals surface area contributed by atoms with E-state index in [4.69, 9.17) is 0 Å². The Morgan fingerprint density at radius 2 is 1.55 bits per heavy atom. The lowest BCUT2D eigenvalue weighted by Gasteiger charge is -2.39. The molecule has 210 valence electrons. The summed E-state index contributed by atoms with van der Waals surface area (Å²) in [5, 5.41) is 22.1. The van der Waals surface area contributed by atoms with Gasteiger partial charge in [-0.2, -0.15) is 26.3 Å². The summed E-state index contributed by atoms with van der Waals surface area (Å²) in [7, 11) is -4.42. The number of fused-ring (bicyclic) bond motifs is 1. The van der Waals surface area contributed by atoms with Gasteiger partial charge in [0.1, 0.15) is 5.60 Å². The fraction of sp³-hybridized carbons (Fsp3) is 0.458. The standard InChI is InChI=1S/C24H26F6N2O5S/c1-14-4-9-18(10-5-14)38(36,37)32-17(13-31-20(33)21(2,3)34)8-6-15-12-16(7-11-19(15)32)22(35,23(25,26)27)24(28,29)30/h4-5,7,9-12,17,34-35H,6,8,13H2,1-3H3,(H,31,33). The van der Waals surface area contributed by atoms with E-state index in [9.17, 15) is 49.8 Å². The van der Waals surface area contributed by atoms with Crippen molar-refractivity contribution in [1.29, 1.82) is 0 Å². The predicted molar refractivity (Wildman–Crippen MR) is 125 cm³/mol.